The summed E-state index contributed by atoms with van der Waals surface area (Å²) in [6.07, 6.45) is 2.19. The van der Waals surface area contributed by atoms with Crippen LogP contribution in [0.3, 0.4) is 0 Å². The van der Waals surface area contributed by atoms with Gasteiger partial charge in [0.05, 0.1) is 10.5 Å². The summed E-state index contributed by atoms with van der Waals surface area (Å²) in [4.78, 5) is 30.3. The van der Waals surface area contributed by atoms with Crippen molar-refractivity contribution in [2.75, 3.05) is 18.0 Å². The summed E-state index contributed by atoms with van der Waals surface area (Å²) in [6.45, 7) is 6.40. The second-order valence-corrected chi connectivity index (χ2v) is 12.3. The van der Waals surface area contributed by atoms with E-state index in [1.54, 1.807) is 33.0 Å². The number of alkyl carbamates (subject to hydrolysis) is 1. The molecule has 12 heteroatoms. The van der Waals surface area contributed by atoms with Crippen LogP contribution in [0, 0.1) is 38.6 Å². The zero-order valence-corrected chi connectivity index (χ0v) is 26.7. The zero-order chi connectivity index (χ0) is 34.4. The molecule has 4 aromatic rings. The van der Waals surface area contributed by atoms with Crippen molar-refractivity contribution in [2.45, 2.75) is 51.9 Å². The third kappa shape index (κ3) is 7.68. The molecule has 0 aliphatic carbocycles. The highest BCUT2D eigenvalue weighted by atomic mass is 19.1. The number of nitrogens with one attached hydrogen (secondary N) is 1. The van der Waals surface area contributed by atoms with Crippen molar-refractivity contribution in [3.05, 3.63) is 106 Å². The predicted molar refractivity (Wildman–Crippen MR) is 177 cm³/mol. The minimum Gasteiger partial charge on any atom is -0.482 e. The molecule has 1 aliphatic heterocycles. The number of nitriles is 2. The number of carbonyl (C=O) groups excluding carboxylic acids is 1. The van der Waals surface area contributed by atoms with E-state index in [1.807, 2.05) is 41.3 Å². The molecule has 1 N–H and O–H groups in total. The maximum atomic E-state index is 15.0. The van der Waals surface area contributed by atoms with Gasteiger partial charge in [-0.2, -0.15) is 10.5 Å². The topological polar surface area (TPSA) is 154 Å². The Hall–Kier alpha value is -6.01. The molecule has 0 radical (unpaired) electrons. The molecular formula is C36H33FN6O5. The highest BCUT2D eigenvalue weighted by Gasteiger charge is 2.28. The normalized spacial score (nSPS) is 13.2. The number of halogens is 1. The fraction of sp³-hybridized carbons (Fsp3) is 0.278. The number of amides is 1. The molecule has 3 aromatic carbocycles. The molecule has 2 heterocycles. The fourth-order valence-electron chi connectivity index (χ4n) is 5.52. The lowest BCUT2D eigenvalue weighted by atomic mass is 9.91. The molecule has 1 amide bonds. The van der Waals surface area contributed by atoms with Crippen LogP contribution in [0.5, 0.6) is 5.75 Å². The monoisotopic (exact) mass is 648 g/mol. The van der Waals surface area contributed by atoms with Gasteiger partial charge in [-0.15, -0.1) is 0 Å². The van der Waals surface area contributed by atoms with E-state index in [0.717, 1.165) is 5.56 Å². The number of aromatic nitrogens is 1. The molecular weight excluding hydrogens is 615 g/mol. The Balaban J connectivity index is 1.54. The number of nitro benzene ring substituents is 1. The molecule has 5 rings (SSSR count). The lowest BCUT2D eigenvalue weighted by Gasteiger charge is -2.34. The molecule has 0 atom stereocenters. The molecule has 1 aromatic heterocycles. The van der Waals surface area contributed by atoms with Gasteiger partial charge in [-0.25, -0.2) is 14.2 Å². The van der Waals surface area contributed by atoms with Crippen molar-refractivity contribution in [3.63, 3.8) is 0 Å². The average Bonchev–Trinajstić information content (AvgIpc) is 3.06. The van der Waals surface area contributed by atoms with Gasteiger partial charge in [0.1, 0.15) is 41.5 Å². The predicted octanol–water partition coefficient (Wildman–Crippen LogP) is 7.28. The summed E-state index contributed by atoms with van der Waals surface area (Å²) in [6, 6.07) is 21.6. The quantitative estimate of drug-likeness (QED) is 0.153. The molecule has 0 unspecified atom stereocenters. The van der Waals surface area contributed by atoms with Crippen LogP contribution in [0.4, 0.5) is 20.7 Å². The van der Waals surface area contributed by atoms with E-state index in [0.29, 0.717) is 54.0 Å². The number of nitrogens with zero attached hydrogens (tertiary/aromatic N) is 5. The fourth-order valence-corrected chi connectivity index (χ4v) is 5.52. The van der Waals surface area contributed by atoms with Crippen molar-refractivity contribution in [3.8, 4) is 40.1 Å². The third-order valence-corrected chi connectivity index (χ3v) is 7.77. The Labute approximate surface area is 277 Å². The van der Waals surface area contributed by atoms with E-state index in [-0.39, 0.29) is 35.2 Å². The molecule has 1 aliphatic rings. The zero-order valence-electron chi connectivity index (χ0n) is 26.7. The van der Waals surface area contributed by atoms with Crippen LogP contribution in [-0.2, 0) is 11.3 Å². The van der Waals surface area contributed by atoms with Gasteiger partial charge in [-0.1, -0.05) is 36.4 Å². The number of pyridine rings is 1. The van der Waals surface area contributed by atoms with Crippen LogP contribution in [-0.4, -0.2) is 40.7 Å². The Morgan fingerprint density at radius 1 is 1.06 bits per heavy atom. The number of benzene rings is 3. The van der Waals surface area contributed by atoms with E-state index >= 15 is 4.39 Å². The molecule has 1 fully saturated rings. The Morgan fingerprint density at radius 3 is 2.40 bits per heavy atom. The highest BCUT2D eigenvalue weighted by Crippen LogP contribution is 2.41. The first kappa shape index (κ1) is 33.4. The molecule has 244 valence electrons. The first-order valence-electron chi connectivity index (χ1n) is 15.3. The molecule has 0 saturated carbocycles. The van der Waals surface area contributed by atoms with Crippen LogP contribution < -0.4 is 15.0 Å². The number of ether oxygens (including phenoxy) is 2. The number of carbonyl (C=O) groups is 1. The van der Waals surface area contributed by atoms with E-state index < -0.39 is 22.4 Å². The van der Waals surface area contributed by atoms with Crippen LogP contribution >= 0.6 is 0 Å². The first-order chi connectivity index (χ1) is 23.0. The van der Waals surface area contributed by atoms with Gasteiger partial charge in [-0.3, -0.25) is 10.1 Å². The largest absolute Gasteiger partial charge is 0.482 e. The van der Waals surface area contributed by atoms with Crippen molar-refractivity contribution >= 4 is 17.6 Å². The standard InChI is InChI=1S/C36H33FN6O5/c1-36(2,3)48-35(44)41-27-13-15-42(16-14-27)34-28(20-39)33(25-9-10-26(19-38)30(37)17-25)29(21-40-34)24-11-12-31(43(45)46)32(18-24)47-22-23-7-5-4-6-8-23/h4-12,17-18,21,27H,13-16,22H2,1-3H3,(H,41,44). The number of nitro groups is 1. The minimum atomic E-state index is -0.757. The van der Waals surface area contributed by atoms with E-state index in [9.17, 15) is 25.4 Å². The summed E-state index contributed by atoms with van der Waals surface area (Å²) >= 11 is 0. The number of piperidine rings is 1. The van der Waals surface area contributed by atoms with Gasteiger partial charge in [0.15, 0.2) is 5.75 Å². The summed E-state index contributed by atoms with van der Waals surface area (Å²) in [5.41, 5.74) is 1.51. The SMILES string of the molecule is CC(C)(C)OC(=O)NC1CCN(c2ncc(-c3ccc([N+](=O)[O-])c(OCc4ccccc4)c3)c(-c3ccc(C#N)c(F)c3)c2C#N)CC1. The number of rotatable bonds is 8. The maximum absolute atomic E-state index is 15.0. The van der Waals surface area contributed by atoms with Crippen molar-refractivity contribution in [1.82, 2.24) is 10.3 Å². The van der Waals surface area contributed by atoms with E-state index in [1.165, 1.54) is 30.3 Å². The smallest absolute Gasteiger partial charge is 0.407 e. The Bertz CT molecular complexity index is 1920. The lowest BCUT2D eigenvalue weighted by molar-refractivity contribution is -0.385. The van der Waals surface area contributed by atoms with Crippen LogP contribution in [0.15, 0.2) is 72.9 Å². The lowest BCUT2D eigenvalue weighted by Crippen LogP contribution is -2.46. The minimum absolute atomic E-state index is 0.0143. The summed E-state index contributed by atoms with van der Waals surface area (Å²) < 4.78 is 26.3. The molecule has 0 spiro atoms. The van der Waals surface area contributed by atoms with Gasteiger partial charge in [0, 0.05) is 42.5 Å². The maximum Gasteiger partial charge on any atom is 0.407 e. The Morgan fingerprint density at radius 2 is 1.77 bits per heavy atom. The van der Waals surface area contributed by atoms with Crippen molar-refractivity contribution < 1.29 is 23.6 Å². The van der Waals surface area contributed by atoms with Crippen molar-refractivity contribution in [1.29, 1.82) is 10.5 Å². The molecule has 48 heavy (non-hydrogen) atoms. The number of anilines is 1. The molecule has 1 saturated heterocycles. The average molecular weight is 649 g/mol. The summed E-state index contributed by atoms with van der Waals surface area (Å²) in [7, 11) is 0. The molecule has 11 nitrogen and oxygen atoms in total. The van der Waals surface area contributed by atoms with Crippen LogP contribution in [0.2, 0.25) is 0 Å². The van der Waals surface area contributed by atoms with Gasteiger partial charge in [0.25, 0.3) is 0 Å². The summed E-state index contributed by atoms with van der Waals surface area (Å²) in [5, 5.41) is 34.7. The molecule has 0 bridgehead atoms. The summed E-state index contributed by atoms with van der Waals surface area (Å²) in [5.74, 6) is -0.368. The van der Waals surface area contributed by atoms with Gasteiger partial charge >= 0.3 is 11.8 Å². The number of hydrogen-bond acceptors (Lipinski definition) is 9. The van der Waals surface area contributed by atoms with Gasteiger partial charge < -0.3 is 19.7 Å². The second-order valence-electron chi connectivity index (χ2n) is 12.3. The number of hydrogen-bond donors (Lipinski definition) is 1. The van der Waals surface area contributed by atoms with Gasteiger partial charge in [-0.05, 0) is 74.6 Å². The van der Waals surface area contributed by atoms with E-state index in [2.05, 4.69) is 16.4 Å². The van der Waals surface area contributed by atoms with Crippen molar-refractivity contribution in [2.24, 2.45) is 0 Å². The van der Waals surface area contributed by atoms with Crippen LogP contribution in [0.25, 0.3) is 22.3 Å². The van der Waals surface area contributed by atoms with E-state index in [4.69, 9.17) is 9.47 Å². The first-order valence-corrected chi connectivity index (χ1v) is 15.3. The van der Waals surface area contributed by atoms with Crippen LogP contribution in [0.1, 0.15) is 50.3 Å². The van der Waals surface area contributed by atoms with Gasteiger partial charge in [0.2, 0.25) is 0 Å². The Kier molecular flexibility index (Phi) is 9.85. The highest BCUT2D eigenvalue weighted by molar-refractivity contribution is 5.90. The third-order valence-electron chi connectivity index (χ3n) is 7.77. The second kappa shape index (κ2) is 14.2.